The molecule has 2 N–H and O–H groups in total. The van der Waals surface area contributed by atoms with E-state index in [1.54, 1.807) is 12.1 Å². The number of hydrogen-bond acceptors (Lipinski definition) is 2. The van der Waals surface area contributed by atoms with Gasteiger partial charge in [-0.2, -0.15) is 0 Å². The molecule has 1 aromatic carbocycles. The zero-order valence-corrected chi connectivity index (χ0v) is 10.0. The number of carboxylic acids is 1. The molecule has 1 aromatic heterocycles. The average molecular weight is 232 g/mol. The maximum atomic E-state index is 10.9. The van der Waals surface area contributed by atoms with Crippen molar-refractivity contribution in [1.82, 2.24) is 9.88 Å². The van der Waals surface area contributed by atoms with Crippen molar-refractivity contribution in [3.8, 4) is 0 Å². The fraction of sp³-hybridized carbons (Fsp3) is 0.308. The lowest BCUT2D eigenvalue weighted by atomic mass is 10.1. The van der Waals surface area contributed by atoms with E-state index in [0.717, 1.165) is 29.7 Å². The Kier molecular flexibility index (Phi) is 3.15. The van der Waals surface area contributed by atoms with Crippen LogP contribution < -0.4 is 5.32 Å². The van der Waals surface area contributed by atoms with Crippen LogP contribution in [-0.2, 0) is 13.6 Å². The first-order valence-corrected chi connectivity index (χ1v) is 5.66. The van der Waals surface area contributed by atoms with Crippen LogP contribution in [0.2, 0.25) is 0 Å². The number of carboxylic acid groups (broad SMARTS) is 1. The van der Waals surface area contributed by atoms with Crippen molar-refractivity contribution in [1.29, 1.82) is 0 Å². The summed E-state index contributed by atoms with van der Waals surface area (Å²) in [6, 6.07) is 7.24. The first-order valence-electron chi connectivity index (χ1n) is 5.66. The van der Waals surface area contributed by atoms with Crippen LogP contribution in [0.4, 0.5) is 0 Å². The van der Waals surface area contributed by atoms with Crippen LogP contribution in [0.25, 0.3) is 10.9 Å². The van der Waals surface area contributed by atoms with E-state index in [-0.39, 0.29) is 0 Å². The lowest BCUT2D eigenvalue weighted by molar-refractivity contribution is 0.0697. The van der Waals surface area contributed by atoms with Crippen LogP contribution in [0.3, 0.4) is 0 Å². The van der Waals surface area contributed by atoms with E-state index in [0.29, 0.717) is 5.56 Å². The second-order valence-corrected chi connectivity index (χ2v) is 4.05. The van der Waals surface area contributed by atoms with Gasteiger partial charge in [0.2, 0.25) is 0 Å². The molecule has 0 spiro atoms. The molecule has 17 heavy (non-hydrogen) atoms. The molecule has 0 bridgehead atoms. The maximum absolute atomic E-state index is 10.9. The summed E-state index contributed by atoms with van der Waals surface area (Å²) in [5.41, 5.74) is 2.55. The van der Waals surface area contributed by atoms with Gasteiger partial charge in [0.05, 0.1) is 5.56 Å². The van der Waals surface area contributed by atoms with Gasteiger partial charge in [-0.3, -0.25) is 0 Å². The Morgan fingerprint density at radius 1 is 1.41 bits per heavy atom. The highest BCUT2D eigenvalue weighted by Crippen LogP contribution is 2.20. The predicted molar refractivity (Wildman–Crippen MR) is 67.3 cm³/mol. The van der Waals surface area contributed by atoms with Gasteiger partial charge in [0, 0.05) is 30.2 Å². The number of aromatic carboxylic acids is 1. The summed E-state index contributed by atoms with van der Waals surface area (Å²) in [7, 11) is 2.00. The van der Waals surface area contributed by atoms with Crippen molar-refractivity contribution >= 4 is 16.9 Å². The monoisotopic (exact) mass is 232 g/mol. The van der Waals surface area contributed by atoms with Crippen LogP contribution in [0.1, 0.15) is 23.0 Å². The maximum Gasteiger partial charge on any atom is 0.335 e. The van der Waals surface area contributed by atoms with E-state index < -0.39 is 5.97 Å². The number of aryl methyl sites for hydroxylation is 1. The number of nitrogens with one attached hydrogen (secondary N) is 1. The van der Waals surface area contributed by atoms with Crippen molar-refractivity contribution in [2.24, 2.45) is 7.05 Å². The summed E-state index contributed by atoms with van der Waals surface area (Å²) < 4.78 is 2.09. The Balaban J connectivity index is 2.45. The van der Waals surface area contributed by atoms with Crippen molar-refractivity contribution in [2.75, 3.05) is 6.54 Å². The van der Waals surface area contributed by atoms with Crippen molar-refractivity contribution in [2.45, 2.75) is 13.5 Å². The second kappa shape index (κ2) is 4.59. The molecule has 4 heteroatoms. The topological polar surface area (TPSA) is 54.3 Å². The Bertz CT molecular complexity index is 558. The minimum absolute atomic E-state index is 0.332. The van der Waals surface area contributed by atoms with Crippen molar-refractivity contribution in [3.05, 3.63) is 35.5 Å². The third-order valence-electron chi connectivity index (χ3n) is 2.94. The molecule has 0 saturated heterocycles. The van der Waals surface area contributed by atoms with E-state index in [9.17, 15) is 4.79 Å². The van der Waals surface area contributed by atoms with Gasteiger partial charge < -0.3 is 15.0 Å². The molecule has 0 unspecified atom stereocenters. The number of fused-ring (bicyclic) bond motifs is 1. The van der Waals surface area contributed by atoms with Crippen LogP contribution in [0, 0.1) is 0 Å². The first-order chi connectivity index (χ1) is 8.13. The Hall–Kier alpha value is -1.81. The third-order valence-corrected chi connectivity index (χ3v) is 2.94. The molecule has 0 aliphatic heterocycles. The van der Waals surface area contributed by atoms with Crippen LogP contribution in [-0.4, -0.2) is 22.2 Å². The Morgan fingerprint density at radius 3 is 2.82 bits per heavy atom. The van der Waals surface area contributed by atoms with E-state index in [2.05, 4.69) is 16.8 Å². The van der Waals surface area contributed by atoms with Crippen molar-refractivity contribution < 1.29 is 9.90 Å². The van der Waals surface area contributed by atoms with E-state index in [1.165, 1.54) is 0 Å². The van der Waals surface area contributed by atoms with E-state index >= 15 is 0 Å². The summed E-state index contributed by atoms with van der Waals surface area (Å²) in [5, 5.41) is 13.2. The zero-order chi connectivity index (χ0) is 12.4. The zero-order valence-electron chi connectivity index (χ0n) is 10.0. The number of hydrogen-bond donors (Lipinski definition) is 2. The minimum Gasteiger partial charge on any atom is -0.478 e. The molecule has 0 fully saturated rings. The first kappa shape index (κ1) is 11.7. The van der Waals surface area contributed by atoms with Gasteiger partial charge in [0.1, 0.15) is 0 Å². The second-order valence-electron chi connectivity index (χ2n) is 4.05. The molecular formula is C13H16N2O2. The molecule has 2 rings (SSSR count). The molecule has 2 aromatic rings. The molecular weight excluding hydrogens is 216 g/mol. The van der Waals surface area contributed by atoms with Gasteiger partial charge >= 0.3 is 5.97 Å². The highest BCUT2D eigenvalue weighted by atomic mass is 16.4. The number of benzene rings is 1. The molecule has 1 heterocycles. The van der Waals surface area contributed by atoms with E-state index in [1.807, 2.05) is 19.2 Å². The standard InChI is InChI=1S/C13H16N2O2/c1-3-14-8-11-7-10-6-9(13(16)17)4-5-12(10)15(11)2/h4-7,14H,3,8H2,1-2H3,(H,16,17). The van der Waals surface area contributed by atoms with Gasteiger partial charge in [-0.25, -0.2) is 4.79 Å². The van der Waals surface area contributed by atoms with Gasteiger partial charge in [0.25, 0.3) is 0 Å². The Morgan fingerprint density at radius 2 is 2.18 bits per heavy atom. The molecule has 0 aliphatic rings. The number of nitrogens with zero attached hydrogens (tertiary/aromatic N) is 1. The fourth-order valence-electron chi connectivity index (χ4n) is 1.96. The molecule has 0 aliphatic carbocycles. The predicted octanol–water partition coefficient (Wildman–Crippen LogP) is 1.99. The normalized spacial score (nSPS) is 10.9. The largest absolute Gasteiger partial charge is 0.478 e. The van der Waals surface area contributed by atoms with Gasteiger partial charge in [-0.15, -0.1) is 0 Å². The van der Waals surface area contributed by atoms with Gasteiger partial charge in [-0.05, 0) is 30.8 Å². The number of carbonyl (C=O) groups is 1. The van der Waals surface area contributed by atoms with Crippen LogP contribution in [0.15, 0.2) is 24.3 Å². The summed E-state index contributed by atoms with van der Waals surface area (Å²) in [5.74, 6) is -0.885. The van der Waals surface area contributed by atoms with Gasteiger partial charge in [0.15, 0.2) is 0 Å². The molecule has 0 radical (unpaired) electrons. The quantitative estimate of drug-likeness (QED) is 0.847. The molecule has 0 saturated carbocycles. The molecule has 4 nitrogen and oxygen atoms in total. The Labute approximate surface area is 99.9 Å². The SMILES string of the molecule is CCNCc1cc2cc(C(=O)O)ccc2n1C. The smallest absolute Gasteiger partial charge is 0.335 e. The van der Waals surface area contributed by atoms with E-state index in [4.69, 9.17) is 5.11 Å². The number of aromatic nitrogens is 1. The summed E-state index contributed by atoms with van der Waals surface area (Å²) in [4.78, 5) is 10.9. The van der Waals surface area contributed by atoms with Crippen LogP contribution >= 0.6 is 0 Å². The van der Waals surface area contributed by atoms with Gasteiger partial charge in [-0.1, -0.05) is 6.92 Å². The fourth-order valence-corrected chi connectivity index (χ4v) is 1.96. The molecule has 90 valence electrons. The summed E-state index contributed by atoms with van der Waals surface area (Å²) >= 11 is 0. The molecule has 0 amide bonds. The summed E-state index contributed by atoms with van der Waals surface area (Å²) in [6.45, 7) is 3.77. The lowest BCUT2D eigenvalue weighted by Gasteiger charge is -2.04. The highest BCUT2D eigenvalue weighted by Gasteiger charge is 2.08. The van der Waals surface area contributed by atoms with Crippen molar-refractivity contribution in [3.63, 3.8) is 0 Å². The lowest BCUT2D eigenvalue weighted by Crippen LogP contribution is -2.14. The third kappa shape index (κ3) is 2.17. The highest BCUT2D eigenvalue weighted by molar-refractivity contribution is 5.93. The minimum atomic E-state index is -0.885. The average Bonchev–Trinajstić information content (AvgIpc) is 2.63. The summed E-state index contributed by atoms with van der Waals surface area (Å²) in [6.07, 6.45) is 0. The molecule has 0 atom stereocenters. The van der Waals surface area contributed by atoms with Crippen LogP contribution in [0.5, 0.6) is 0 Å². The number of rotatable bonds is 4.